The molecule has 1 aliphatic heterocycles. The third-order valence-corrected chi connectivity index (χ3v) is 6.39. The van der Waals surface area contributed by atoms with E-state index in [1.165, 1.54) is 39.5 Å². The molecule has 0 fully saturated rings. The third kappa shape index (κ3) is 5.70. The molecule has 3 aromatic carbocycles. The average molecular weight is 631 g/mol. The van der Waals surface area contributed by atoms with Crippen LogP contribution in [-0.4, -0.2) is 39.2 Å². The van der Waals surface area contributed by atoms with Crippen molar-refractivity contribution in [2.24, 2.45) is 4.99 Å². The standard InChI is InChI=1S/C27H21Br2NO7/c1-14-5-7-15(8-6-14)25-30-20(27(32)37-25)10-16-9-18(28)13-19(29)23(16)36-26(31)17-11-21(33-2)24(35-4)22(12-17)34-3/h5-13H,1-4H3. The van der Waals surface area contributed by atoms with Crippen molar-refractivity contribution in [2.45, 2.75) is 6.92 Å². The number of aliphatic imine (C=N–C) groups is 1. The number of nitrogens with zero attached hydrogens (tertiary/aromatic N) is 1. The predicted molar refractivity (Wildman–Crippen MR) is 145 cm³/mol. The molecule has 0 N–H and O–H groups in total. The molecule has 4 rings (SSSR count). The van der Waals surface area contributed by atoms with Crippen LogP contribution in [0.4, 0.5) is 0 Å². The Labute approximate surface area is 230 Å². The highest BCUT2D eigenvalue weighted by Crippen LogP contribution is 2.40. The van der Waals surface area contributed by atoms with Crippen LogP contribution in [0.5, 0.6) is 23.0 Å². The number of rotatable bonds is 7. The molecular formula is C27H21Br2NO7. The van der Waals surface area contributed by atoms with Gasteiger partial charge in [0.25, 0.3) is 0 Å². The number of benzene rings is 3. The van der Waals surface area contributed by atoms with Crippen LogP contribution < -0.4 is 18.9 Å². The lowest BCUT2D eigenvalue weighted by molar-refractivity contribution is -0.129. The number of halogens is 2. The van der Waals surface area contributed by atoms with Gasteiger partial charge in [0.05, 0.1) is 31.4 Å². The van der Waals surface area contributed by atoms with Crippen LogP contribution in [0.1, 0.15) is 27.0 Å². The van der Waals surface area contributed by atoms with Crippen molar-refractivity contribution in [2.75, 3.05) is 21.3 Å². The zero-order valence-corrected chi connectivity index (χ0v) is 23.4. The van der Waals surface area contributed by atoms with E-state index < -0.39 is 11.9 Å². The summed E-state index contributed by atoms with van der Waals surface area (Å²) in [5, 5.41) is 0. The Morgan fingerprint density at radius 2 is 1.57 bits per heavy atom. The van der Waals surface area contributed by atoms with Gasteiger partial charge in [0.1, 0.15) is 0 Å². The van der Waals surface area contributed by atoms with Crippen LogP contribution in [0.25, 0.3) is 6.08 Å². The van der Waals surface area contributed by atoms with Crippen molar-refractivity contribution >= 4 is 55.8 Å². The van der Waals surface area contributed by atoms with E-state index in [4.69, 9.17) is 23.7 Å². The Hall–Kier alpha value is -3.63. The zero-order chi connectivity index (χ0) is 26.7. The second-order valence-electron chi connectivity index (χ2n) is 7.81. The van der Waals surface area contributed by atoms with Crippen molar-refractivity contribution in [3.05, 3.63) is 85.4 Å². The monoisotopic (exact) mass is 629 g/mol. The Morgan fingerprint density at radius 1 is 0.919 bits per heavy atom. The first kappa shape index (κ1) is 26.4. The fraction of sp³-hybridized carbons (Fsp3) is 0.148. The van der Waals surface area contributed by atoms with Gasteiger partial charge in [-0.1, -0.05) is 33.6 Å². The summed E-state index contributed by atoms with van der Waals surface area (Å²) in [4.78, 5) is 30.1. The molecule has 10 heteroatoms. The van der Waals surface area contributed by atoms with Gasteiger partial charge in [0.2, 0.25) is 11.6 Å². The second-order valence-corrected chi connectivity index (χ2v) is 9.58. The molecule has 1 heterocycles. The Balaban J connectivity index is 1.71. The Morgan fingerprint density at radius 3 is 2.16 bits per heavy atom. The third-order valence-electron chi connectivity index (χ3n) is 5.34. The largest absolute Gasteiger partial charge is 0.493 e. The molecule has 3 aromatic rings. The minimum atomic E-state index is -0.681. The molecule has 0 spiro atoms. The number of hydrogen-bond acceptors (Lipinski definition) is 8. The van der Waals surface area contributed by atoms with Crippen LogP contribution in [0.2, 0.25) is 0 Å². The van der Waals surface area contributed by atoms with Crippen molar-refractivity contribution in [3.63, 3.8) is 0 Å². The lowest BCUT2D eigenvalue weighted by Crippen LogP contribution is -2.11. The SMILES string of the molecule is COc1cc(C(=O)Oc2c(Br)cc(Br)cc2C=C2N=C(c3ccc(C)cc3)OC2=O)cc(OC)c1OC. The average Bonchev–Trinajstić information content (AvgIpc) is 3.25. The highest BCUT2D eigenvalue weighted by Gasteiger charge is 2.26. The first-order valence-electron chi connectivity index (χ1n) is 10.8. The maximum absolute atomic E-state index is 13.2. The van der Waals surface area contributed by atoms with Crippen LogP contribution >= 0.6 is 31.9 Å². The fourth-order valence-electron chi connectivity index (χ4n) is 3.52. The number of hydrogen-bond donors (Lipinski definition) is 0. The normalized spacial score (nSPS) is 13.7. The summed E-state index contributed by atoms with van der Waals surface area (Å²) in [5.74, 6) is 0.0324. The van der Waals surface area contributed by atoms with Gasteiger partial charge in [0, 0.05) is 15.6 Å². The molecule has 0 saturated heterocycles. The van der Waals surface area contributed by atoms with Gasteiger partial charge in [-0.2, -0.15) is 0 Å². The van der Waals surface area contributed by atoms with E-state index in [1.807, 2.05) is 31.2 Å². The summed E-state index contributed by atoms with van der Waals surface area (Å²) in [6.07, 6.45) is 1.50. The lowest BCUT2D eigenvalue weighted by Gasteiger charge is -2.15. The van der Waals surface area contributed by atoms with Crippen LogP contribution in [0.15, 0.2) is 68.2 Å². The molecule has 37 heavy (non-hydrogen) atoms. The number of carbonyl (C=O) groups excluding carboxylic acids is 2. The number of cyclic esters (lactones) is 1. The number of aryl methyl sites for hydroxylation is 1. The molecule has 1 aliphatic rings. The number of carbonyl (C=O) groups is 2. The summed E-state index contributed by atoms with van der Waals surface area (Å²) in [7, 11) is 4.37. The first-order chi connectivity index (χ1) is 17.7. The van der Waals surface area contributed by atoms with E-state index in [9.17, 15) is 9.59 Å². The summed E-state index contributed by atoms with van der Waals surface area (Å²) in [6, 6.07) is 13.8. The van der Waals surface area contributed by atoms with Crippen LogP contribution in [0.3, 0.4) is 0 Å². The van der Waals surface area contributed by atoms with E-state index >= 15 is 0 Å². The molecule has 0 atom stereocenters. The molecule has 0 aliphatic carbocycles. The minimum Gasteiger partial charge on any atom is -0.493 e. The van der Waals surface area contributed by atoms with Gasteiger partial charge >= 0.3 is 11.9 Å². The second kappa shape index (κ2) is 11.2. The summed E-state index contributed by atoms with van der Waals surface area (Å²) < 4.78 is 28.3. The van der Waals surface area contributed by atoms with Crippen molar-refractivity contribution < 1.29 is 33.3 Å². The summed E-state index contributed by atoms with van der Waals surface area (Å²) >= 11 is 6.87. The highest BCUT2D eigenvalue weighted by atomic mass is 79.9. The fourth-order valence-corrected chi connectivity index (χ4v) is 4.86. The molecule has 0 aromatic heterocycles. The van der Waals surface area contributed by atoms with Crippen LogP contribution in [-0.2, 0) is 9.53 Å². The van der Waals surface area contributed by atoms with E-state index in [2.05, 4.69) is 36.9 Å². The quantitative estimate of drug-likeness (QED) is 0.177. The lowest BCUT2D eigenvalue weighted by atomic mass is 10.1. The van der Waals surface area contributed by atoms with Crippen molar-refractivity contribution in [1.29, 1.82) is 0 Å². The van der Waals surface area contributed by atoms with Crippen molar-refractivity contribution in [1.82, 2.24) is 0 Å². The van der Waals surface area contributed by atoms with Crippen molar-refractivity contribution in [3.8, 4) is 23.0 Å². The molecule has 8 nitrogen and oxygen atoms in total. The summed E-state index contributed by atoms with van der Waals surface area (Å²) in [5.41, 5.74) is 2.39. The topological polar surface area (TPSA) is 92.7 Å². The molecule has 190 valence electrons. The summed E-state index contributed by atoms with van der Waals surface area (Å²) in [6.45, 7) is 1.96. The first-order valence-corrected chi connectivity index (χ1v) is 12.4. The maximum atomic E-state index is 13.2. The van der Waals surface area contributed by atoms with Gasteiger partial charge in [-0.3, -0.25) is 0 Å². The van der Waals surface area contributed by atoms with E-state index in [0.29, 0.717) is 37.3 Å². The van der Waals surface area contributed by atoms with E-state index in [1.54, 1.807) is 12.1 Å². The molecular weight excluding hydrogens is 610 g/mol. The Kier molecular flexibility index (Phi) is 7.99. The van der Waals surface area contributed by atoms with Gasteiger partial charge < -0.3 is 23.7 Å². The predicted octanol–water partition coefficient (Wildman–Crippen LogP) is 6.11. The van der Waals surface area contributed by atoms with Crippen LogP contribution in [0, 0.1) is 6.92 Å². The number of ether oxygens (including phenoxy) is 5. The molecule has 0 radical (unpaired) electrons. The van der Waals surface area contributed by atoms with Gasteiger partial charge in [-0.25, -0.2) is 14.6 Å². The smallest absolute Gasteiger partial charge is 0.363 e. The maximum Gasteiger partial charge on any atom is 0.363 e. The van der Waals surface area contributed by atoms with E-state index in [-0.39, 0.29) is 22.9 Å². The molecule has 0 bridgehead atoms. The number of esters is 2. The van der Waals surface area contributed by atoms with E-state index in [0.717, 1.165) is 5.56 Å². The van der Waals surface area contributed by atoms with Gasteiger partial charge in [0.15, 0.2) is 22.9 Å². The molecule has 0 unspecified atom stereocenters. The highest BCUT2D eigenvalue weighted by molar-refractivity contribution is 9.11. The van der Waals surface area contributed by atoms with Gasteiger partial charge in [-0.05, 0) is 65.3 Å². The Bertz CT molecular complexity index is 1420. The minimum absolute atomic E-state index is 0.0608. The zero-order valence-electron chi connectivity index (χ0n) is 20.3. The molecule has 0 saturated carbocycles. The number of methoxy groups -OCH3 is 3. The van der Waals surface area contributed by atoms with Gasteiger partial charge in [-0.15, -0.1) is 0 Å². The molecule has 0 amide bonds.